The molecule has 1 fully saturated rings. The summed E-state index contributed by atoms with van der Waals surface area (Å²) >= 11 is 0. The highest BCUT2D eigenvalue weighted by atomic mass is 19.1. The number of halogens is 1. The third-order valence-electron chi connectivity index (χ3n) is 3.74. The van der Waals surface area contributed by atoms with Crippen molar-refractivity contribution < 1.29 is 4.39 Å². The van der Waals surface area contributed by atoms with Crippen molar-refractivity contribution in [3.63, 3.8) is 0 Å². The van der Waals surface area contributed by atoms with E-state index >= 15 is 0 Å². The maximum atomic E-state index is 13.1. The molecular weight excluding hydrogens is 225 g/mol. The number of likely N-dealkylation sites (tertiary alicyclic amines) is 1. The lowest BCUT2D eigenvalue weighted by atomic mass is 9.87. The molecule has 1 aromatic rings. The summed E-state index contributed by atoms with van der Waals surface area (Å²) in [5.41, 5.74) is 2.92. The van der Waals surface area contributed by atoms with Gasteiger partial charge in [-0.05, 0) is 29.4 Å². The molecule has 1 heterocycles. The lowest BCUT2D eigenvalue weighted by Gasteiger charge is -2.28. The molecule has 0 spiro atoms. The molecule has 0 radical (unpaired) electrons. The molecule has 2 heteroatoms. The molecule has 1 aromatic carbocycles. The molecule has 0 amide bonds. The van der Waals surface area contributed by atoms with E-state index in [2.05, 4.69) is 49.9 Å². The number of rotatable bonds is 2. The van der Waals surface area contributed by atoms with Crippen LogP contribution in [0.15, 0.2) is 24.3 Å². The van der Waals surface area contributed by atoms with E-state index in [1.165, 1.54) is 11.1 Å². The van der Waals surface area contributed by atoms with Gasteiger partial charge in [0.1, 0.15) is 6.17 Å². The first-order valence-electron chi connectivity index (χ1n) is 6.91. The Morgan fingerprint density at radius 1 is 1.11 bits per heavy atom. The topological polar surface area (TPSA) is 3.24 Å². The fourth-order valence-corrected chi connectivity index (χ4v) is 2.43. The van der Waals surface area contributed by atoms with Crippen molar-refractivity contribution in [2.45, 2.75) is 51.7 Å². The van der Waals surface area contributed by atoms with Crippen LogP contribution in [0.25, 0.3) is 0 Å². The standard InChI is InChI=1S/C16H24FN/c1-16(2,3)14-6-4-13(5-7-14)12-18-10-8-15(17)9-11-18/h4-7,15H,8-12H2,1-3H3. The van der Waals surface area contributed by atoms with Crippen LogP contribution in [0.4, 0.5) is 4.39 Å². The zero-order chi connectivity index (χ0) is 13.2. The van der Waals surface area contributed by atoms with E-state index in [1.807, 2.05) is 0 Å². The second kappa shape index (κ2) is 5.40. The van der Waals surface area contributed by atoms with Gasteiger partial charge in [-0.25, -0.2) is 4.39 Å². The van der Waals surface area contributed by atoms with Crippen LogP contribution >= 0.6 is 0 Å². The molecule has 1 saturated heterocycles. The summed E-state index contributed by atoms with van der Waals surface area (Å²) in [6.45, 7) is 9.43. The van der Waals surface area contributed by atoms with Crippen LogP contribution in [0.5, 0.6) is 0 Å². The Bertz CT molecular complexity index is 369. The lowest BCUT2D eigenvalue weighted by Crippen LogP contribution is -2.33. The maximum absolute atomic E-state index is 13.1. The summed E-state index contributed by atoms with van der Waals surface area (Å²) < 4.78 is 13.1. The van der Waals surface area contributed by atoms with E-state index in [-0.39, 0.29) is 5.41 Å². The highest BCUT2D eigenvalue weighted by Crippen LogP contribution is 2.23. The smallest absolute Gasteiger partial charge is 0.103 e. The van der Waals surface area contributed by atoms with Crippen molar-refractivity contribution in [1.29, 1.82) is 0 Å². The minimum absolute atomic E-state index is 0.213. The van der Waals surface area contributed by atoms with Crippen LogP contribution in [-0.4, -0.2) is 24.2 Å². The minimum Gasteiger partial charge on any atom is -0.299 e. The van der Waals surface area contributed by atoms with Gasteiger partial charge in [0.25, 0.3) is 0 Å². The van der Waals surface area contributed by atoms with Gasteiger partial charge in [-0.1, -0.05) is 45.0 Å². The van der Waals surface area contributed by atoms with Gasteiger partial charge in [0.05, 0.1) is 0 Å². The second-order valence-electron chi connectivity index (χ2n) is 6.40. The molecule has 1 nitrogen and oxygen atoms in total. The number of piperidine rings is 1. The Labute approximate surface area is 110 Å². The van der Waals surface area contributed by atoms with Gasteiger partial charge in [-0.15, -0.1) is 0 Å². The highest BCUT2D eigenvalue weighted by molar-refractivity contribution is 5.27. The molecule has 100 valence electrons. The van der Waals surface area contributed by atoms with Gasteiger partial charge in [-0.2, -0.15) is 0 Å². The zero-order valence-electron chi connectivity index (χ0n) is 11.7. The molecule has 0 atom stereocenters. The third-order valence-corrected chi connectivity index (χ3v) is 3.74. The molecule has 2 rings (SSSR count). The van der Waals surface area contributed by atoms with E-state index < -0.39 is 6.17 Å². The molecule has 0 N–H and O–H groups in total. The van der Waals surface area contributed by atoms with Crippen molar-refractivity contribution in [3.8, 4) is 0 Å². The minimum atomic E-state index is -0.579. The van der Waals surface area contributed by atoms with E-state index in [0.29, 0.717) is 12.8 Å². The number of hydrogen-bond acceptors (Lipinski definition) is 1. The van der Waals surface area contributed by atoms with Crippen molar-refractivity contribution in [3.05, 3.63) is 35.4 Å². The summed E-state index contributed by atoms with van der Waals surface area (Å²) in [6, 6.07) is 8.86. The first-order valence-corrected chi connectivity index (χ1v) is 6.91. The predicted molar refractivity (Wildman–Crippen MR) is 74.5 cm³/mol. The number of hydrogen-bond donors (Lipinski definition) is 0. The Kier molecular flexibility index (Phi) is 4.06. The van der Waals surface area contributed by atoms with Gasteiger partial charge in [0, 0.05) is 19.6 Å². The van der Waals surface area contributed by atoms with Crippen molar-refractivity contribution in [2.75, 3.05) is 13.1 Å². The summed E-state index contributed by atoms with van der Waals surface area (Å²) in [5, 5.41) is 0. The van der Waals surface area contributed by atoms with Crippen LogP contribution in [0.1, 0.15) is 44.7 Å². The molecular formula is C16H24FN. The fourth-order valence-electron chi connectivity index (χ4n) is 2.43. The first kappa shape index (κ1) is 13.5. The SMILES string of the molecule is CC(C)(C)c1ccc(CN2CCC(F)CC2)cc1. The van der Waals surface area contributed by atoms with Crippen molar-refractivity contribution >= 4 is 0 Å². The van der Waals surface area contributed by atoms with E-state index in [4.69, 9.17) is 0 Å². The maximum Gasteiger partial charge on any atom is 0.103 e. The van der Waals surface area contributed by atoms with Crippen LogP contribution in [0.3, 0.4) is 0 Å². The van der Waals surface area contributed by atoms with E-state index in [1.54, 1.807) is 0 Å². The number of alkyl halides is 1. The highest BCUT2D eigenvalue weighted by Gasteiger charge is 2.18. The Balaban J connectivity index is 1.94. The summed E-state index contributed by atoms with van der Waals surface area (Å²) in [7, 11) is 0. The second-order valence-corrected chi connectivity index (χ2v) is 6.40. The molecule has 0 saturated carbocycles. The van der Waals surface area contributed by atoms with Crippen LogP contribution < -0.4 is 0 Å². The van der Waals surface area contributed by atoms with Crippen LogP contribution in [-0.2, 0) is 12.0 Å². The summed E-state index contributed by atoms with van der Waals surface area (Å²) in [5.74, 6) is 0. The van der Waals surface area contributed by atoms with Gasteiger partial charge in [-0.3, -0.25) is 4.90 Å². The Morgan fingerprint density at radius 3 is 2.17 bits per heavy atom. The molecule has 0 aromatic heterocycles. The number of benzene rings is 1. The first-order chi connectivity index (χ1) is 8.45. The quantitative estimate of drug-likeness (QED) is 0.768. The van der Waals surface area contributed by atoms with Crippen molar-refractivity contribution in [2.24, 2.45) is 0 Å². The molecule has 0 aliphatic carbocycles. The molecule has 1 aliphatic heterocycles. The average Bonchev–Trinajstić information content (AvgIpc) is 2.32. The lowest BCUT2D eigenvalue weighted by molar-refractivity contribution is 0.145. The normalized spacial score (nSPS) is 19.1. The van der Waals surface area contributed by atoms with Gasteiger partial charge in [0.15, 0.2) is 0 Å². The largest absolute Gasteiger partial charge is 0.299 e. The third kappa shape index (κ3) is 3.55. The average molecular weight is 249 g/mol. The Morgan fingerprint density at radius 2 is 1.67 bits per heavy atom. The fraction of sp³-hybridized carbons (Fsp3) is 0.625. The Hall–Kier alpha value is -0.890. The summed E-state index contributed by atoms with van der Waals surface area (Å²) in [6.07, 6.45) is 0.810. The molecule has 0 bridgehead atoms. The monoisotopic (exact) mass is 249 g/mol. The summed E-state index contributed by atoms with van der Waals surface area (Å²) in [4.78, 5) is 2.35. The molecule has 18 heavy (non-hydrogen) atoms. The van der Waals surface area contributed by atoms with E-state index in [0.717, 1.165) is 19.6 Å². The van der Waals surface area contributed by atoms with Gasteiger partial charge >= 0.3 is 0 Å². The molecule has 1 aliphatic rings. The predicted octanol–water partition coefficient (Wildman–Crippen LogP) is 3.92. The van der Waals surface area contributed by atoms with Crippen LogP contribution in [0.2, 0.25) is 0 Å². The zero-order valence-corrected chi connectivity index (χ0v) is 11.7. The van der Waals surface area contributed by atoms with E-state index in [9.17, 15) is 4.39 Å². The van der Waals surface area contributed by atoms with Gasteiger partial charge in [0.2, 0.25) is 0 Å². The molecule has 0 unspecified atom stereocenters. The van der Waals surface area contributed by atoms with Gasteiger partial charge < -0.3 is 0 Å². The van der Waals surface area contributed by atoms with Crippen LogP contribution in [0, 0.1) is 0 Å². The van der Waals surface area contributed by atoms with Crippen molar-refractivity contribution in [1.82, 2.24) is 4.90 Å². The number of nitrogens with zero attached hydrogens (tertiary/aromatic N) is 1.